The van der Waals surface area contributed by atoms with E-state index in [-0.39, 0.29) is 16.7 Å². The van der Waals surface area contributed by atoms with E-state index in [1.165, 1.54) is 12.1 Å². The number of imide groups is 1. The Balaban J connectivity index is 1.53. The lowest BCUT2D eigenvalue weighted by Gasteiger charge is -2.13. The van der Waals surface area contributed by atoms with Crippen LogP contribution < -0.4 is 0 Å². The molecule has 0 fully saturated rings. The molecule has 26 heavy (non-hydrogen) atoms. The average Bonchev–Trinajstić information content (AvgIpc) is 3.19. The fraction of sp³-hybridized carbons (Fsp3) is 0.0526. The molecule has 0 atom stereocenters. The van der Waals surface area contributed by atoms with Crippen LogP contribution in [-0.2, 0) is 4.84 Å². The summed E-state index contributed by atoms with van der Waals surface area (Å²) in [7, 11) is 0. The summed E-state index contributed by atoms with van der Waals surface area (Å²) in [5.74, 6) is -2.09. The Morgan fingerprint density at radius 1 is 0.923 bits per heavy atom. The quantitative estimate of drug-likeness (QED) is 0.680. The Labute approximate surface area is 148 Å². The molecule has 1 aliphatic rings. The number of aryl methyl sites for hydroxylation is 1. The summed E-state index contributed by atoms with van der Waals surface area (Å²) in [6, 6.07) is 14.7. The number of rotatable bonds is 3. The van der Waals surface area contributed by atoms with E-state index in [2.05, 4.69) is 5.10 Å². The van der Waals surface area contributed by atoms with Crippen LogP contribution in [0.2, 0.25) is 0 Å². The zero-order valence-corrected chi connectivity index (χ0v) is 13.7. The van der Waals surface area contributed by atoms with Crippen LogP contribution in [0.15, 0.2) is 60.8 Å². The number of fused-ring (bicyclic) bond motifs is 1. The van der Waals surface area contributed by atoms with Crippen LogP contribution >= 0.6 is 0 Å². The van der Waals surface area contributed by atoms with Gasteiger partial charge in [-0.15, -0.1) is 0 Å². The zero-order valence-electron chi connectivity index (χ0n) is 13.7. The number of benzene rings is 2. The molecule has 2 aromatic carbocycles. The molecule has 7 nitrogen and oxygen atoms in total. The molecule has 1 aromatic heterocycles. The third-order valence-electron chi connectivity index (χ3n) is 4.11. The average molecular weight is 347 g/mol. The minimum atomic E-state index is -0.789. The van der Waals surface area contributed by atoms with Crippen LogP contribution in [-0.4, -0.2) is 32.6 Å². The van der Waals surface area contributed by atoms with Crippen molar-refractivity contribution in [2.75, 3.05) is 0 Å². The van der Waals surface area contributed by atoms with E-state index in [0.717, 1.165) is 11.4 Å². The summed E-state index contributed by atoms with van der Waals surface area (Å²) in [6.07, 6.45) is 1.68. The van der Waals surface area contributed by atoms with Gasteiger partial charge in [0.1, 0.15) is 0 Å². The highest BCUT2D eigenvalue weighted by atomic mass is 16.7. The molecule has 0 bridgehead atoms. The summed E-state index contributed by atoms with van der Waals surface area (Å²) in [5, 5.41) is 4.69. The molecule has 0 saturated heterocycles. The van der Waals surface area contributed by atoms with Crippen molar-refractivity contribution < 1.29 is 19.2 Å². The number of carbonyl (C=O) groups excluding carboxylic acids is 3. The predicted octanol–water partition coefficient (Wildman–Crippen LogP) is 2.55. The first kappa shape index (κ1) is 15.8. The van der Waals surface area contributed by atoms with Crippen molar-refractivity contribution in [3.63, 3.8) is 0 Å². The van der Waals surface area contributed by atoms with Gasteiger partial charge in [0.25, 0.3) is 11.8 Å². The molecule has 1 aliphatic heterocycles. The monoisotopic (exact) mass is 347 g/mol. The van der Waals surface area contributed by atoms with E-state index in [4.69, 9.17) is 4.84 Å². The van der Waals surface area contributed by atoms with Crippen LogP contribution in [0.4, 0.5) is 0 Å². The third-order valence-corrected chi connectivity index (χ3v) is 4.11. The lowest BCUT2D eigenvalue weighted by Crippen LogP contribution is -2.32. The number of aromatic nitrogens is 2. The second kappa shape index (κ2) is 5.96. The van der Waals surface area contributed by atoms with Gasteiger partial charge in [-0.3, -0.25) is 9.59 Å². The first-order valence-corrected chi connectivity index (χ1v) is 7.87. The van der Waals surface area contributed by atoms with Crippen molar-refractivity contribution in [3.05, 3.63) is 83.2 Å². The largest absolute Gasteiger partial charge is 0.363 e. The fourth-order valence-electron chi connectivity index (χ4n) is 2.76. The van der Waals surface area contributed by atoms with E-state index in [0.29, 0.717) is 5.06 Å². The Kier molecular flexibility index (Phi) is 3.62. The molecule has 0 N–H and O–H groups in total. The van der Waals surface area contributed by atoms with Gasteiger partial charge in [0.2, 0.25) is 0 Å². The van der Waals surface area contributed by atoms with Crippen LogP contribution in [0.25, 0.3) is 5.69 Å². The van der Waals surface area contributed by atoms with Gasteiger partial charge in [-0.25, -0.2) is 9.48 Å². The van der Waals surface area contributed by atoms with E-state index < -0.39 is 17.8 Å². The second-order valence-electron chi connectivity index (χ2n) is 5.76. The summed E-state index contributed by atoms with van der Waals surface area (Å²) in [6.45, 7) is 1.91. The molecule has 2 amide bonds. The maximum atomic E-state index is 12.3. The van der Waals surface area contributed by atoms with E-state index >= 15 is 0 Å². The van der Waals surface area contributed by atoms with Crippen molar-refractivity contribution in [1.29, 1.82) is 0 Å². The van der Waals surface area contributed by atoms with E-state index in [1.807, 2.05) is 13.0 Å². The Morgan fingerprint density at radius 3 is 2.08 bits per heavy atom. The molecule has 0 spiro atoms. The molecule has 0 saturated carbocycles. The van der Waals surface area contributed by atoms with Gasteiger partial charge < -0.3 is 4.84 Å². The van der Waals surface area contributed by atoms with Crippen LogP contribution in [0.5, 0.6) is 0 Å². The minimum Gasteiger partial charge on any atom is -0.324 e. The van der Waals surface area contributed by atoms with E-state index in [9.17, 15) is 14.4 Å². The van der Waals surface area contributed by atoms with Crippen LogP contribution in [0, 0.1) is 6.92 Å². The molecule has 0 radical (unpaired) electrons. The predicted molar refractivity (Wildman–Crippen MR) is 90.7 cm³/mol. The minimum absolute atomic E-state index is 0.217. The Bertz CT molecular complexity index is 1000. The number of hydrogen-bond acceptors (Lipinski definition) is 5. The van der Waals surface area contributed by atoms with Crippen molar-refractivity contribution in [3.8, 4) is 5.69 Å². The van der Waals surface area contributed by atoms with Crippen molar-refractivity contribution in [2.45, 2.75) is 6.92 Å². The standard InChI is InChI=1S/C19H13N3O4/c1-12-10-11-20-21(12)14-8-6-13(7-9-14)19(25)26-22-17(23)15-4-2-3-5-16(15)18(22)24/h2-11H,1H3. The van der Waals surface area contributed by atoms with Crippen molar-refractivity contribution in [1.82, 2.24) is 14.8 Å². The normalized spacial score (nSPS) is 13.0. The van der Waals surface area contributed by atoms with Gasteiger partial charge in [-0.1, -0.05) is 17.2 Å². The topological polar surface area (TPSA) is 81.5 Å². The molecule has 0 aliphatic carbocycles. The van der Waals surface area contributed by atoms with Gasteiger partial charge in [-0.2, -0.15) is 5.10 Å². The molecule has 2 heterocycles. The van der Waals surface area contributed by atoms with Gasteiger partial charge in [-0.05, 0) is 49.4 Å². The number of hydrogen-bond donors (Lipinski definition) is 0. The molecule has 7 heteroatoms. The van der Waals surface area contributed by atoms with Crippen molar-refractivity contribution >= 4 is 17.8 Å². The Hall–Kier alpha value is -3.74. The molecular weight excluding hydrogens is 334 g/mol. The lowest BCUT2D eigenvalue weighted by molar-refractivity contribution is -0.0584. The highest BCUT2D eigenvalue weighted by Crippen LogP contribution is 2.23. The third kappa shape index (κ3) is 2.46. The summed E-state index contributed by atoms with van der Waals surface area (Å²) in [4.78, 5) is 41.8. The van der Waals surface area contributed by atoms with E-state index in [1.54, 1.807) is 47.3 Å². The number of amides is 2. The number of hydroxylamine groups is 2. The second-order valence-corrected chi connectivity index (χ2v) is 5.76. The van der Waals surface area contributed by atoms with Crippen LogP contribution in [0.3, 0.4) is 0 Å². The molecule has 128 valence electrons. The summed E-state index contributed by atoms with van der Waals surface area (Å²) in [5.41, 5.74) is 2.39. The van der Waals surface area contributed by atoms with Gasteiger partial charge in [0.15, 0.2) is 0 Å². The highest BCUT2D eigenvalue weighted by Gasteiger charge is 2.38. The highest BCUT2D eigenvalue weighted by molar-refractivity contribution is 6.21. The Morgan fingerprint density at radius 2 is 1.54 bits per heavy atom. The van der Waals surface area contributed by atoms with Crippen LogP contribution in [0.1, 0.15) is 36.8 Å². The number of nitrogens with zero attached hydrogens (tertiary/aromatic N) is 3. The first-order chi connectivity index (χ1) is 12.6. The zero-order chi connectivity index (χ0) is 18.3. The maximum Gasteiger partial charge on any atom is 0.363 e. The number of carbonyl (C=O) groups is 3. The first-order valence-electron chi connectivity index (χ1n) is 7.87. The van der Waals surface area contributed by atoms with Gasteiger partial charge in [0.05, 0.1) is 22.4 Å². The molecule has 3 aromatic rings. The SMILES string of the molecule is Cc1ccnn1-c1ccc(C(=O)ON2C(=O)c3ccccc3C2=O)cc1. The molecular formula is C19H13N3O4. The fourth-order valence-corrected chi connectivity index (χ4v) is 2.76. The molecule has 4 rings (SSSR count). The smallest absolute Gasteiger partial charge is 0.324 e. The summed E-state index contributed by atoms with van der Waals surface area (Å²) < 4.78 is 1.72. The lowest BCUT2D eigenvalue weighted by atomic mass is 10.1. The maximum absolute atomic E-state index is 12.3. The van der Waals surface area contributed by atoms with Gasteiger partial charge in [0, 0.05) is 11.9 Å². The van der Waals surface area contributed by atoms with Crippen molar-refractivity contribution in [2.24, 2.45) is 0 Å². The molecule has 0 unspecified atom stereocenters. The van der Waals surface area contributed by atoms with Gasteiger partial charge >= 0.3 is 5.97 Å². The summed E-state index contributed by atoms with van der Waals surface area (Å²) >= 11 is 0.